The summed E-state index contributed by atoms with van der Waals surface area (Å²) in [6.45, 7) is 1.55. The maximum atomic E-state index is 13.3. The number of nitrogens with zero attached hydrogens (tertiary/aromatic N) is 2. The lowest BCUT2D eigenvalue weighted by molar-refractivity contribution is -0.155. The number of nitrogens with one attached hydrogen (secondary N) is 1. The minimum Gasteiger partial charge on any atom is -0.391 e. The van der Waals surface area contributed by atoms with Crippen molar-refractivity contribution in [2.24, 2.45) is 0 Å². The molecule has 0 unspecified atom stereocenters. The molecule has 1 aromatic rings. The van der Waals surface area contributed by atoms with E-state index in [4.69, 9.17) is 0 Å². The number of aliphatic hydroxyl groups excluding tert-OH is 1. The van der Waals surface area contributed by atoms with Crippen LogP contribution in [0.4, 0.5) is 8.78 Å². The Hall–Kier alpha value is -2.55. The molecule has 0 bridgehead atoms. The summed E-state index contributed by atoms with van der Waals surface area (Å²) in [5, 5.41) is 12.0. The third-order valence-corrected chi connectivity index (χ3v) is 4.41. The van der Waals surface area contributed by atoms with Crippen molar-refractivity contribution in [2.75, 3.05) is 19.6 Å². The van der Waals surface area contributed by atoms with Gasteiger partial charge < -0.3 is 20.2 Å². The quantitative estimate of drug-likeness (QED) is 0.750. The molecule has 7 nitrogen and oxygen atoms in total. The Balaban J connectivity index is 1.78. The Labute approximate surface area is 142 Å². The van der Waals surface area contributed by atoms with Crippen LogP contribution in [0.3, 0.4) is 0 Å². The van der Waals surface area contributed by atoms with Gasteiger partial charge in [0.2, 0.25) is 11.8 Å². The van der Waals surface area contributed by atoms with Crippen molar-refractivity contribution in [3.8, 4) is 0 Å². The summed E-state index contributed by atoms with van der Waals surface area (Å²) in [4.78, 5) is 39.6. The zero-order valence-corrected chi connectivity index (χ0v) is 13.4. The predicted octanol–water partition coefficient (Wildman–Crippen LogP) is -0.503. The first kappa shape index (κ1) is 17.3. The summed E-state index contributed by atoms with van der Waals surface area (Å²) in [5.41, 5.74) is -0.157. The van der Waals surface area contributed by atoms with E-state index in [-0.39, 0.29) is 25.2 Å². The first-order chi connectivity index (χ1) is 11.8. The van der Waals surface area contributed by atoms with Gasteiger partial charge >= 0.3 is 0 Å². The first-order valence-corrected chi connectivity index (χ1v) is 7.82. The zero-order valence-electron chi connectivity index (χ0n) is 13.4. The SMILES string of the molecule is C[C@H](O)[C@H]1NC(=O)[C@H]2CN(C(=O)c3cc(F)cc(F)c3)CCN2C1=O. The Morgan fingerprint density at radius 1 is 1.24 bits per heavy atom. The zero-order chi connectivity index (χ0) is 18.3. The number of rotatable bonds is 2. The molecular weight excluding hydrogens is 336 g/mol. The summed E-state index contributed by atoms with van der Waals surface area (Å²) in [6.07, 6.45) is -1.03. The molecule has 0 spiro atoms. The van der Waals surface area contributed by atoms with Gasteiger partial charge in [-0.1, -0.05) is 0 Å². The van der Waals surface area contributed by atoms with Crippen LogP contribution < -0.4 is 5.32 Å². The molecule has 3 rings (SSSR count). The van der Waals surface area contributed by atoms with Crippen molar-refractivity contribution < 1.29 is 28.3 Å². The minimum atomic E-state index is -1.03. The van der Waals surface area contributed by atoms with Crippen molar-refractivity contribution in [2.45, 2.75) is 25.1 Å². The lowest BCUT2D eigenvalue weighted by Gasteiger charge is -2.45. The molecule has 2 aliphatic rings. The minimum absolute atomic E-state index is 0.0823. The molecule has 2 aliphatic heterocycles. The molecule has 134 valence electrons. The Bertz CT molecular complexity index is 720. The van der Waals surface area contributed by atoms with Crippen molar-refractivity contribution in [3.05, 3.63) is 35.4 Å². The molecule has 0 saturated carbocycles. The number of hydrogen-bond donors (Lipinski definition) is 2. The van der Waals surface area contributed by atoms with Crippen LogP contribution in [0.1, 0.15) is 17.3 Å². The highest BCUT2D eigenvalue weighted by molar-refractivity contribution is 5.99. The third kappa shape index (κ3) is 3.19. The van der Waals surface area contributed by atoms with Crippen molar-refractivity contribution >= 4 is 17.7 Å². The second-order valence-corrected chi connectivity index (χ2v) is 6.18. The smallest absolute Gasteiger partial charge is 0.254 e. The molecule has 25 heavy (non-hydrogen) atoms. The van der Waals surface area contributed by atoms with Gasteiger partial charge in [-0.3, -0.25) is 14.4 Å². The molecule has 0 radical (unpaired) electrons. The average Bonchev–Trinajstić information content (AvgIpc) is 2.55. The van der Waals surface area contributed by atoms with E-state index in [9.17, 15) is 28.3 Å². The number of benzene rings is 1. The fourth-order valence-corrected chi connectivity index (χ4v) is 3.13. The maximum Gasteiger partial charge on any atom is 0.254 e. The van der Waals surface area contributed by atoms with Crippen LogP contribution in [-0.4, -0.2) is 70.4 Å². The van der Waals surface area contributed by atoms with Crippen LogP contribution in [0.15, 0.2) is 18.2 Å². The molecule has 2 heterocycles. The molecule has 2 N–H and O–H groups in total. The van der Waals surface area contributed by atoms with Gasteiger partial charge in [0.25, 0.3) is 5.91 Å². The van der Waals surface area contributed by atoms with Gasteiger partial charge in [-0.2, -0.15) is 0 Å². The second kappa shape index (κ2) is 6.40. The number of piperazine rings is 2. The molecular formula is C16H17F2N3O4. The number of fused-ring (bicyclic) bond motifs is 1. The summed E-state index contributed by atoms with van der Waals surface area (Å²) < 4.78 is 26.6. The van der Waals surface area contributed by atoms with Gasteiger partial charge in [0, 0.05) is 24.7 Å². The maximum absolute atomic E-state index is 13.3. The van der Waals surface area contributed by atoms with E-state index in [1.807, 2.05) is 0 Å². The summed E-state index contributed by atoms with van der Waals surface area (Å²) in [7, 11) is 0. The second-order valence-electron chi connectivity index (χ2n) is 6.18. The predicted molar refractivity (Wildman–Crippen MR) is 81.4 cm³/mol. The standard InChI is InChI=1S/C16H17F2N3O4/c1-8(22)13-16(25)21-3-2-20(7-12(21)14(23)19-13)15(24)9-4-10(17)6-11(18)5-9/h4-6,8,12-13,22H,2-3,7H2,1H3,(H,19,23)/t8-,12+,13+/m0/s1. The Kier molecular flexibility index (Phi) is 4.42. The summed E-state index contributed by atoms with van der Waals surface area (Å²) in [6, 6.07) is 0.612. The number of hydrogen-bond acceptors (Lipinski definition) is 4. The van der Waals surface area contributed by atoms with E-state index in [1.54, 1.807) is 0 Å². The Morgan fingerprint density at radius 2 is 1.88 bits per heavy atom. The molecule has 2 fully saturated rings. The number of aliphatic hydroxyl groups is 1. The van der Waals surface area contributed by atoms with Crippen LogP contribution >= 0.6 is 0 Å². The molecule has 9 heteroatoms. The van der Waals surface area contributed by atoms with Crippen molar-refractivity contribution in [1.82, 2.24) is 15.1 Å². The summed E-state index contributed by atoms with van der Waals surface area (Å²) in [5.74, 6) is -3.24. The highest BCUT2D eigenvalue weighted by atomic mass is 19.1. The molecule has 0 aromatic heterocycles. The topological polar surface area (TPSA) is 89.9 Å². The number of amides is 3. The normalized spacial score (nSPS) is 24.6. The largest absolute Gasteiger partial charge is 0.391 e. The van der Waals surface area contributed by atoms with Gasteiger partial charge in [0.1, 0.15) is 23.7 Å². The fraction of sp³-hybridized carbons (Fsp3) is 0.438. The average molecular weight is 353 g/mol. The molecule has 3 atom stereocenters. The van der Waals surface area contributed by atoms with Crippen LogP contribution in [0.2, 0.25) is 0 Å². The fourth-order valence-electron chi connectivity index (χ4n) is 3.13. The number of halogens is 2. The monoisotopic (exact) mass is 353 g/mol. The molecule has 2 saturated heterocycles. The van der Waals surface area contributed by atoms with Crippen LogP contribution in [0.25, 0.3) is 0 Å². The van der Waals surface area contributed by atoms with Gasteiger partial charge in [-0.25, -0.2) is 8.78 Å². The van der Waals surface area contributed by atoms with E-state index >= 15 is 0 Å². The lowest BCUT2D eigenvalue weighted by Crippen LogP contribution is -2.71. The molecule has 1 aromatic carbocycles. The van der Waals surface area contributed by atoms with Crippen LogP contribution in [0.5, 0.6) is 0 Å². The lowest BCUT2D eigenvalue weighted by atomic mass is 10.0. The third-order valence-electron chi connectivity index (χ3n) is 4.41. The van der Waals surface area contributed by atoms with Crippen molar-refractivity contribution in [3.63, 3.8) is 0 Å². The first-order valence-electron chi connectivity index (χ1n) is 7.82. The van der Waals surface area contributed by atoms with E-state index in [0.29, 0.717) is 6.07 Å². The van der Waals surface area contributed by atoms with Crippen LogP contribution in [0, 0.1) is 11.6 Å². The number of carbonyl (C=O) groups is 3. The van der Waals surface area contributed by atoms with Gasteiger partial charge in [-0.05, 0) is 19.1 Å². The van der Waals surface area contributed by atoms with Gasteiger partial charge in [-0.15, -0.1) is 0 Å². The van der Waals surface area contributed by atoms with Crippen LogP contribution in [-0.2, 0) is 9.59 Å². The summed E-state index contributed by atoms with van der Waals surface area (Å²) >= 11 is 0. The highest BCUT2D eigenvalue weighted by Crippen LogP contribution is 2.20. The van der Waals surface area contributed by atoms with Gasteiger partial charge in [0.05, 0.1) is 12.6 Å². The van der Waals surface area contributed by atoms with Crippen molar-refractivity contribution in [1.29, 1.82) is 0 Å². The number of carbonyl (C=O) groups excluding carboxylic acids is 3. The van der Waals surface area contributed by atoms with E-state index in [1.165, 1.54) is 16.7 Å². The molecule has 3 amide bonds. The van der Waals surface area contributed by atoms with E-state index < -0.39 is 47.5 Å². The van der Waals surface area contributed by atoms with E-state index in [2.05, 4.69) is 5.32 Å². The Morgan fingerprint density at radius 3 is 2.48 bits per heavy atom. The van der Waals surface area contributed by atoms with E-state index in [0.717, 1.165) is 12.1 Å². The highest BCUT2D eigenvalue weighted by Gasteiger charge is 2.45. The molecule has 0 aliphatic carbocycles. The van der Waals surface area contributed by atoms with Gasteiger partial charge in [0.15, 0.2) is 0 Å².